The van der Waals surface area contributed by atoms with E-state index in [4.69, 9.17) is 0 Å². The molecular weight excluding hydrogens is 233 g/mol. The quantitative estimate of drug-likeness (QED) is 0.659. The smallest absolute Gasteiger partial charge is 0.171 e. The van der Waals surface area contributed by atoms with E-state index >= 15 is 0 Å². The van der Waals surface area contributed by atoms with E-state index in [-0.39, 0.29) is 5.92 Å². The summed E-state index contributed by atoms with van der Waals surface area (Å²) >= 11 is 3.10. The lowest BCUT2D eigenvalue weighted by Gasteiger charge is -2.17. The minimum atomic E-state index is -4.02. The Hall–Kier alpha value is 0.270. The highest BCUT2D eigenvalue weighted by molar-refractivity contribution is 9.09. The molecule has 0 nitrogen and oxygen atoms in total. The molecule has 0 aliphatic rings. The van der Waals surface area contributed by atoms with Crippen LogP contribution in [-0.4, -0.2) is 11.5 Å². The van der Waals surface area contributed by atoms with Crippen LogP contribution in [0.1, 0.15) is 26.7 Å². The first-order valence-corrected chi connectivity index (χ1v) is 5.10. The van der Waals surface area contributed by atoms with Crippen molar-refractivity contribution in [3.05, 3.63) is 0 Å². The Morgan fingerprint density at radius 1 is 1.25 bits per heavy atom. The molecule has 74 valence electrons. The van der Waals surface area contributed by atoms with Crippen molar-refractivity contribution in [2.45, 2.75) is 32.9 Å². The van der Waals surface area contributed by atoms with Crippen molar-refractivity contribution < 1.29 is 13.2 Å². The van der Waals surface area contributed by atoms with Crippen LogP contribution >= 0.6 is 15.9 Å². The maximum Gasteiger partial charge on any atom is 0.389 e. The van der Waals surface area contributed by atoms with E-state index in [1.165, 1.54) is 0 Å². The van der Waals surface area contributed by atoms with E-state index in [0.29, 0.717) is 17.7 Å². The number of hydrogen-bond donors (Lipinski definition) is 0. The average Bonchev–Trinajstić information content (AvgIpc) is 1.82. The zero-order chi connectivity index (χ0) is 9.78. The van der Waals surface area contributed by atoms with Gasteiger partial charge >= 0.3 is 6.18 Å². The zero-order valence-electron chi connectivity index (χ0n) is 7.29. The highest BCUT2D eigenvalue weighted by Crippen LogP contribution is 2.29. The van der Waals surface area contributed by atoms with Gasteiger partial charge in [-0.3, -0.25) is 0 Å². The van der Waals surface area contributed by atoms with Crippen LogP contribution in [0.3, 0.4) is 0 Å². The molecule has 0 aromatic heterocycles. The topological polar surface area (TPSA) is 0 Å². The van der Waals surface area contributed by atoms with Crippen molar-refractivity contribution in [2.75, 3.05) is 5.33 Å². The molecule has 0 fully saturated rings. The van der Waals surface area contributed by atoms with Gasteiger partial charge in [0.2, 0.25) is 0 Å². The second kappa shape index (κ2) is 5.10. The van der Waals surface area contributed by atoms with Gasteiger partial charge in [-0.15, -0.1) is 0 Å². The van der Waals surface area contributed by atoms with Gasteiger partial charge in [0.25, 0.3) is 0 Å². The Bertz CT molecular complexity index is 120. The van der Waals surface area contributed by atoms with Gasteiger partial charge in [-0.1, -0.05) is 29.8 Å². The number of alkyl halides is 4. The maximum absolute atomic E-state index is 11.9. The summed E-state index contributed by atoms with van der Waals surface area (Å²) in [6.07, 6.45) is -4.06. The fourth-order valence-corrected chi connectivity index (χ4v) is 1.69. The van der Waals surface area contributed by atoms with Gasteiger partial charge in [-0.25, -0.2) is 0 Å². The minimum absolute atomic E-state index is 0.273. The average molecular weight is 247 g/mol. The van der Waals surface area contributed by atoms with Crippen molar-refractivity contribution in [3.63, 3.8) is 0 Å². The van der Waals surface area contributed by atoms with Crippen LogP contribution in [0.4, 0.5) is 13.2 Å². The minimum Gasteiger partial charge on any atom is -0.171 e. The summed E-state index contributed by atoms with van der Waals surface area (Å²) in [6.45, 7) is 3.87. The predicted octanol–water partition coefficient (Wildman–Crippen LogP) is 4.00. The summed E-state index contributed by atoms with van der Waals surface area (Å²) in [6, 6.07) is 0. The third-order valence-electron chi connectivity index (χ3n) is 1.54. The van der Waals surface area contributed by atoms with Crippen LogP contribution in [0.15, 0.2) is 0 Å². The van der Waals surface area contributed by atoms with Crippen LogP contribution in [-0.2, 0) is 0 Å². The molecule has 4 heteroatoms. The van der Waals surface area contributed by atoms with Gasteiger partial charge in [0, 0.05) is 11.8 Å². The largest absolute Gasteiger partial charge is 0.389 e. The van der Waals surface area contributed by atoms with Crippen molar-refractivity contribution in [3.8, 4) is 0 Å². The zero-order valence-corrected chi connectivity index (χ0v) is 8.87. The molecule has 0 rings (SSSR count). The molecule has 1 atom stereocenters. The molecule has 0 spiro atoms. The molecule has 0 bridgehead atoms. The lowest BCUT2D eigenvalue weighted by molar-refractivity contribution is -0.143. The lowest BCUT2D eigenvalue weighted by atomic mass is 9.96. The van der Waals surface area contributed by atoms with Crippen LogP contribution < -0.4 is 0 Å². The van der Waals surface area contributed by atoms with Gasteiger partial charge in [0.15, 0.2) is 0 Å². The summed E-state index contributed by atoms with van der Waals surface area (Å²) in [4.78, 5) is 0. The Labute approximate surface area is 79.7 Å². The monoisotopic (exact) mass is 246 g/mol. The van der Waals surface area contributed by atoms with E-state index in [2.05, 4.69) is 15.9 Å². The molecule has 0 unspecified atom stereocenters. The fourth-order valence-electron chi connectivity index (χ4n) is 1.19. The molecule has 0 saturated carbocycles. The Morgan fingerprint density at radius 3 is 2.00 bits per heavy atom. The van der Waals surface area contributed by atoms with Gasteiger partial charge in [0.05, 0.1) is 0 Å². The van der Waals surface area contributed by atoms with E-state index in [9.17, 15) is 13.2 Å². The van der Waals surface area contributed by atoms with Crippen LogP contribution in [0.25, 0.3) is 0 Å². The third-order valence-corrected chi connectivity index (χ3v) is 2.46. The molecule has 0 radical (unpaired) electrons. The van der Waals surface area contributed by atoms with Gasteiger partial charge in [0.1, 0.15) is 0 Å². The molecule has 0 N–H and O–H groups in total. The first-order chi connectivity index (χ1) is 5.35. The lowest BCUT2D eigenvalue weighted by Crippen LogP contribution is -2.17. The Morgan fingerprint density at radius 2 is 1.75 bits per heavy atom. The fraction of sp³-hybridized carbons (Fsp3) is 1.00. The van der Waals surface area contributed by atoms with Crippen molar-refractivity contribution in [1.82, 2.24) is 0 Å². The number of rotatable bonds is 4. The summed E-state index contributed by atoms with van der Waals surface area (Å²) in [5, 5.41) is 0.435. The summed E-state index contributed by atoms with van der Waals surface area (Å²) in [5.41, 5.74) is 0. The molecule has 0 aliphatic heterocycles. The van der Waals surface area contributed by atoms with E-state index in [1.807, 2.05) is 13.8 Å². The highest BCUT2D eigenvalue weighted by Gasteiger charge is 2.31. The van der Waals surface area contributed by atoms with E-state index in [0.717, 1.165) is 0 Å². The molecule has 0 heterocycles. The number of halogens is 4. The van der Waals surface area contributed by atoms with Gasteiger partial charge in [-0.2, -0.15) is 13.2 Å². The molecule has 0 aromatic carbocycles. The van der Waals surface area contributed by atoms with Crippen molar-refractivity contribution >= 4 is 15.9 Å². The first-order valence-electron chi connectivity index (χ1n) is 3.98. The normalized spacial score (nSPS) is 15.2. The molecule has 0 saturated heterocycles. The van der Waals surface area contributed by atoms with E-state index in [1.54, 1.807) is 0 Å². The van der Waals surface area contributed by atoms with Gasteiger partial charge in [-0.05, 0) is 18.3 Å². The SMILES string of the molecule is CC(C)C[C@@H](CBr)CC(F)(F)F. The highest BCUT2D eigenvalue weighted by atomic mass is 79.9. The summed E-state index contributed by atoms with van der Waals surface area (Å²) in [5.74, 6) is 0.0555. The molecule has 12 heavy (non-hydrogen) atoms. The molecule has 0 aliphatic carbocycles. The molecule has 0 amide bonds. The molecular formula is C8H14BrF3. The van der Waals surface area contributed by atoms with E-state index < -0.39 is 12.6 Å². The summed E-state index contributed by atoms with van der Waals surface area (Å²) in [7, 11) is 0. The number of hydrogen-bond acceptors (Lipinski definition) is 0. The van der Waals surface area contributed by atoms with Crippen LogP contribution in [0, 0.1) is 11.8 Å². The molecule has 0 aromatic rings. The standard InChI is InChI=1S/C8H14BrF3/c1-6(2)3-7(5-9)4-8(10,11)12/h6-7H,3-5H2,1-2H3/t7-/m1/s1. The second-order valence-electron chi connectivity index (χ2n) is 3.47. The van der Waals surface area contributed by atoms with Crippen LogP contribution in [0.5, 0.6) is 0 Å². The maximum atomic E-state index is 11.9. The van der Waals surface area contributed by atoms with Crippen molar-refractivity contribution in [1.29, 1.82) is 0 Å². The first kappa shape index (κ1) is 12.3. The second-order valence-corrected chi connectivity index (χ2v) is 4.12. The predicted molar refractivity (Wildman–Crippen MR) is 47.4 cm³/mol. The Kier molecular flexibility index (Phi) is 5.21. The van der Waals surface area contributed by atoms with Crippen molar-refractivity contribution in [2.24, 2.45) is 11.8 Å². The van der Waals surface area contributed by atoms with Gasteiger partial charge < -0.3 is 0 Å². The van der Waals surface area contributed by atoms with Crippen LogP contribution in [0.2, 0.25) is 0 Å². The Balaban J connectivity index is 3.83. The summed E-state index contributed by atoms with van der Waals surface area (Å²) < 4.78 is 35.8. The third kappa shape index (κ3) is 6.95.